The number of ether oxygens (including phenoxy) is 5. The van der Waals surface area contributed by atoms with Gasteiger partial charge in [0.1, 0.15) is 19.0 Å². The number of hydrogen-bond donors (Lipinski definition) is 1. The van der Waals surface area contributed by atoms with Crippen LogP contribution >= 0.6 is 0 Å². The van der Waals surface area contributed by atoms with Gasteiger partial charge in [0.2, 0.25) is 5.75 Å². The van der Waals surface area contributed by atoms with Gasteiger partial charge in [-0.05, 0) is 29.8 Å². The Kier molecular flexibility index (Phi) is 6.43. The molecule has 8 heteroatoms. The van der Waals surface area contributed by atoms with Crippen molar-refractivity contribution in [1.29, 1.82) is 0 Å². The summed E-state index contributed by atoms with van der Waals surface area (Å²) < 4.78 is 26.4. The zero-order valence-electron chi connectivity index (χ0n) is 16.5. The topological polar surface area (TPSA) is 92.3 Å². The summed E-state index contributed by atoms with van der Waals surface area (Å²) >= 11 is 0. The largest absolute Gasteiger partial charge is 0.497 e. The van der Waals surface area contributed by atoms with E-state index in [1.165, 1.54) is 14.2 Å². The van der Waals surface area contributed by atoms with Gasteiger partial charge in [-0.25, -0.2) is 0 Å². The first-order chi connectivity index (χ1) is 14.0. The second kappa shape index (κ2) is 9.18. The quantitative estimate of drug-likeness (QED) is 0.713. The Morgan fingerprint density at radius 1 is 1.03 bits per heavy atom. The fourth-order valence-electron chi connectivity index (χ4n) is 2.98. The molecule has 1 heterocycles. The van der Waals surface area contributed by atoms with Crippen molar-refractivity contribution in [3.05, 3.63) is 47.5 Å². The van der Waals surface area contributed by atoms with Gasteiger partial charge < -0.3 is 29.0 Å². The Balaban J connectivity index is 1.86. The summed E-state index contributed by atoms with van der Waals surface area (Å²) in [5.41, 5.74) is 1.07. The highest BCUT2D eigenvalue weighted by Gasteiger charge is 2.24. The maximum atomic E-state index is 12.9. The highest BCUT2D eigenvalue weighted by molar-refractivity contribution is 5.96. The van der Waals surface area contributed by atoms with Gasteiger partial charge in [0.15, 0.2) is 11.5 Å². The molecule has 0 bridgehead atoms. The third kappa shape index (κ3) is 4.71. The van der Waals surface area contributed by atoms with E-state index in [-0.39, 0.29) is 12.3 Å². The molecule has 0 aromatic heterocycles. The summed E-state index contributed by atoms with van der Waals surface area (Å²) in [6.45, 7) is 0.797. The van der Waals surface area contributed by atoms with Gasteiger partial charge in [0.05, 0.1) is 33.8 Å². The predicted octanol–water partition coefficient (Wildman–Crippen LogP) is 2.51. The molecule has 3 rings (SSSR count). The standard InChI is InChI=1S/C21H23NO7/c1-25-15-6-4-13(5-7-15)16(12-19(23)27-3)22-21(24)14-10-17(26-2)20-18(11-14)28-8-9-29-20/h4-7,10-11,16H,8-9,12H2,1-3H3,(H,22,24). The van der Waals surface area contributed by atoms with E-state index in [9.17, 15) is 9.59 Å². The van der Waals surface area contributed by atoms with Crippen LogP contribution in [0.2, 0.25) is 0 Å². The second-order valence-electron chi connectivity index (χ2n) is 6.28. The van der Waals surface area contributed by atoms with Gasteiger partial charge in [-0.15, -0.1) is 0 Å². The van der Waals surface area contributed by atoms with Crippen LogP contribution in [0, 0.1) is 0 Å². The van der Waals surface area contributed by atoms with Crippen LogP contribution in [0.15, 0.2) is 36.4 Å². The smallest absolute Gasteiger partial charge is 0.307 e. The Bertz CT molecular complexity index is 862. The number of carbonyl (C=O) groups excluding carboxylic acids is 2. The van der Waals surface area contributed by atoms with E-state index < -0.39 is 12.0 Å². The molecule has 0 spiro atoms. The lowest BCUT2D eigenvalue weighted by Crippen LogP contribution is -2.30. The molecule has 0 radical (unpaired) electrons. The highest BCUT2D eigenvalue weighted by atomic mass is 16.6. The molecule has 0 aliphatic carbocycles. The minimum absolute atomic E-state index is 0.0176. The molecule has 1 amide bonds. The van der Waals surface area contributed by atoms with E-state index in [0.717, 1.165) is 5.56 Å². The number of hydrogen-bond acceptors (Lipinski definition) is 7. The molecule has 0 saturated carbocycles. The van der Waals surface area contributed by atoms with Crippen LogP contribution in [0.5, 0.6) is 23.0 Å². The van der Waals surface area contributed by atoms with Crippen LogP contribution in [-0.4, -0.2) is 46.4 Å². The molecule has 2 aromatic rings. The van der Waals surface area contributed by atoms with E-state index in [0.29, 0.717) is 41.8 Å². The molecule has 1 aliphatic heterocycles. The molecule has 29 heavy (non-hydrogen) atoms. The number of methoxy groups -OCH3 is 3. The third-order valence-corrected chi connectivity index (χ3v) is 4.51. The number of fused-ring (bicyclic) bond motifs is 1. The van der Waals surface area contributed by atoms with E-state index in [2.05, 4.69) is 5.32 Å². The van der Waals surface area contributed by atoms with Crippen molar-refractivity contribution in [3.63, 3.8) is 0 Å². The molecule has 8 nitrogen and oxygen atoms in total. The number of carbonyl (C=O) groups is 2. The summed E-state index contributed by atoms with van der Waals surface area (Å²) in [6.07, 6.45) is -0.0176. The third-order valence-electron chi connectivity index (χ3n) is 4.51. The normalized spacial score (nSPS) is 13.2. The van der Waals surface area contributed by atoms with Gasteiger partial charge in [0, 0.05) is 5.56 Å². The monoisotopic (exact) mass is 401 g/mol. The van der Waals surface area contributed by atoms with Gasteiger partial charge >= 0.3 is 5.97 Å². The zero-order valence-corrected chi connectivity index (χ0v) is 16.5. The molecule has 1 N–H and O–H groups in total. The summed E-state index contributed by atoms with van der Waals surface area (Å²) in [4.78, 5) is 24.8. The number of esters is 1. The van der Waals surface area contributed by atoms with E-state index in [4.69, 9.17) is 23.7 Å². The van der Waals surface area contributed by atoms with Crippen LogP contribution in [0.25, 0.3) is 0 Å². The lowest BCUT2D eigenvalue weighted by molar-refractivity contribution is -0.141. The molecular formula is C21H23NO7. The molecule has 1 unspecified atom stereocenters. The highest BCUT2D eigenvalue weighted by Crippen LogP contribution is 2.40. The molecule has 2 aromatic carbocycles. The SMILES string of the molecule is COC(=O)CC(NC(=O)c1cc(OC)c2c(c1)OCCO2)c1ccc(OC)cc1. The molecule has 1 aliphatic rings. The molecule has 0 saturated heterocycles. The zero-order chi connectivity index (χ0) is 20.8. The van der Waals surface area contributed by atoms with Gasteiger partial charge in [-0.2, -0.15) is 0 Å². The Morgan fingerprint density at radius 3 is 2.41 bits per heavy atom. The van der Waals surface area contributed by atoms with Crippen LogP contribution in [0.3, 0.4) is 0 Å². The maximum absolute atomic E-state index is 12.9. The lowest BCUT2D eigenvalue weighted by atomic mass is 10.0. The average Bonchev–Trinajstić information content (AvgIpc) is 2.77. The number of rotatable bonds is 7. The minimum atomic E-state index is -0.583. The average molecular weight is 401 g/mol. The van der Waals surface area contributed by atoms with Gasteiger partial charge in [0.25, 0.3) is 5.91 Å². The van der Waals surface area contributed by atoms with Crippen molar-refractivity contribution in [1.82, 2.24) is 5.32 Å². The molecule has 154 valence electrons. The number of amides is 1. The fourth-order valence-corrected chi connectivity index (χ4v) is 2.98. The lowest BCUT2D eigenvalue weighted by Gasteiger charge is -2.22. The van der Waals surface area contributed by atoms with Crippen LogP contribution in [0.1, 0.15) is 28.4 Å². The number of benzene rings is 2. The van der Waals surface area contributed by atoms with E-state index in [1.54, 1.807) is 43.5 Å². The van der Waals surface area contributed by atoms with E-state index in [1.807, 2.05) is 0 Å². The first kappa shape index (κ1) is 20.3. The summed E-state index contributed by atoms with van der Waals surface area (Å²) in [5.74, 6) is 1.16. The van der Waals surface area contributed by atoms with Crippen LogP contribution in [0.4, 0.5) is 0 Å². The number of nitrogens with one attached hydrogen (secondary N) is 1. The van der Waals surface area contributed by atoms with Gasteiger partial charge in [-0.3, -0.25) is 9.59 Å². The fraction of sp³-hybridized carbons (Fsp3) is 0.333. The first-order valence-corrected chi connectivity index (χ1v) is 9.05. The van der Waals surface area contributed by atoms with Crippen molar-refractivity contribution in [2.24, 2.45) is 0 Å². The summed E-state index contributed by atoms with van der Waals surface area (Å²) in [5, 5.41) is 2.88. The molecule has 0 fully saturated rings. The Morgan fingerprint density at radius 2 is 1.76 bits per heavy atom. The summed E-state index contributed by atoms with van der Waals surface area (Å²) in [6, 6.07) is 9.69. The van der Waals surface area contributed by atoms with Crippen LogP contribution in [-0.2, 0) is 9.53 Å². The van der Waals surface area contributed by atoms with Crippen LogP contribution < -0.4 is 24.3 Å². The molecular weight excluding hydrogens is 378 g/mol. The van der Waals surface area contributed by atoms with E-state index >= 15 is 0 Å². The van der Waals surface area contributed by atoms with Gasteiger partial charge in [-0.1, -0.05) is 12.1 Å². The van der Waals surface area contributed by atoms with Crippen molar-refractivity contribution in [2.75, 3.05) is 34.5 Å². The van der Waals surface area contributed by atoms with Crippen molar-refractivity contribution >= 4 is 11.9 Å². The van der Waals surface area contributed by atoms with Crippen molar-refractivity contribution in [2.45, 2.75) is 12.5 Å². The Labute approximate surface area is 168 Å². The molecule has 1 atom stereocenters. The predicted molar refractivity (Wildman–Crippen MR) is 104 cm³/mol. The van der Waals surface area contributed by atoms with Crippen molar-refractivity contribution in [3.8, 4) is 23.0 Å². The maximum Gasteiger partial charge on any atom is 0.307 e. The van der Waals surface area contributed by atoms with Crippen molar-refractivity contribution < 1.29 is 33.3 Å². The Hall–Kier alpha value is -3.42. The minimum Gasteiger partial charge on any atom is -0.497 e. The second-order valence-corrected chi connectivity index (χ2v) is 6.28. The summed E-state index contributed by atoms with van der Waals surface area (Å²) in [7, 11) is 4.37. The first-order valence-electron chi connectivity index (χ1n) is 9.05.